The van der Waals surface area contributed by atoms with Gasteiger partial charge in [0, 0.05) is 23.0 Å². The molecule has 1 aromatic heterocycles. The van der Waals surface area contributed by atoms with E-state index in [1.54, 1.807) is 0 Å². The molecule has 16 heavy (non-hydrogen) atoms. The first kappa shape index (κ1) is 12.0. The molecule has 1 heterocycles. The van der Waals surface area contributed by atoms with Crippen LogP contribution < -0.4 is 5.73 Å². The van der Waals surface area contributed by atoms with E-state index in [-0.39, 0.29) is 0 Å². The third-order valence-corrected chi connectivity index (χ3v) is 4.64. The van der Waals surface area contributed by atoms with Crippen LogP contribution in [0.15, 0.2) is 6.20 Å². The van der Waals surface area contributed by atoms with Gasteiger partial charge in [0.1, 0.15) is 0 Å². The van der Waals surface area contributed by atoms with Crippen LogP contribution in [0.4, 0.5) is 0 Å². The zero-order valence-corrected chi connectivity index (χ0v) is 11.0. The highest BCUT2D eigenvalue weighted by molar-refractivity contribution is 7.11. The second kappa shape index (κ2) is 4.82. The molecule has 90 valence electrons. The van der Waals surface area contributed by atoms with Crippen LogP contribution in [0.2, 0.25) is 0 Å². The van der Waals surface area contributed by atoms with Gasteiger partial charge in [-0.1, -0.05) is 6.42 Å². The van der Waals surface area contributed by atoms with E-state index in [4.69, 9.17) is 5.73 Å². The van der Waals surface area contributed by atoms with Crippen LogP contribution in [0.3, 0.4) is 0 Å². The molecule has 0 unspecified atom stereocenters. The van der Waals surface area contributed by atoms with Gasteiger partial charge in [-0.3, -0.25) is 0 Å². The van der Waals surface area contributed by atoms with E-state index in [2.05, 4.69) is 24.0 Å². The number of aromatic nitrogens is 1. The minimum absolute atomic E-state index is 0.337. The van der Waals surface area contributed by atoms with Gasteiger partial charge in [-0.25, -0.2) is 4.98 Å². The van der Waals surface area contributed by atoms with Gasteiger partial charge < -0.3 is 10.6 Å². The van der Waals surface area contributed by atoms with Gasteiger partial charge in [-0.05, 0) is 39.9 Å². The topological polar surface area (TPSA) is 42.2 Å². The quantitative estimate of drug-likeness (QED) is 0.854. The minimum Gasteiger partial charge on any atom is -0.330 e. The molecule has 0 amide bonds. The van der Waals surface area contributed by atoms with Crippen molar-refractivity contribution in [2.75, 3.05) is 20.6 Å². The summed E-state index contributed by atoms with van der Waals surface area (Å²) in [6, 6.07) is 0. The number of hydrogen-bond donors (Lipinski definition) is 1. The lowest BCUT2D eigenvalue weighted by Crippen LogP contribution is -2.36. The molecule has 0 saturated heterocycles. The first-order chi connectivity index (χ1) is 7.66. The first-order valence-corrected chi connectivity index (χ1v) is 6.78. The lowest BCUT2D eigenvalue weighted by Gasteiger charge is -2.40. The molecule has 1 aliphatic carbocycles. The fraction of sp³-hybridized carbons (Fsp3) is 0.750. The van der Waals surface area contributed by atoms with Crippen LogP contribution >= 0.6 is 11.3 Å². The van der Waals surface area contributed by atoms with E-state index in [0.717, 1.165) is 19.5 Å². The summed E-state index contributed by atoms with van der Waals surface area (Å²) in [5, 5.41) is 1.32. The molecular formula is C12H21N3S. The highest BCUT2D eigenvalue weighted by Crippen LogP contribution is 2.47. The molecule has 1 fully saturated rings. The van der Waals surface area contributed by atoms with E-state index < -0.39 is 0 Å². The third kappa shape index (κ3) is 2.29. The van der Waals surface area contributed by atoms with Crippen LogP contribution in [0, 0.1) is 0 Å². The Hall–Kier alpha value is -0.450. The lowest BCUT2D eigenvalue weighted by molar-refractivity contribution is 0.228. The molecule has 0 atom stereocenters. The summed E-state index contributed by atoms with van der Waals surface area (Å²) in [6.45, 7) is 1.78. The fourth-order valence-electron chi connectivity index (χ4n) is 2.39. The SMILES string of the molecule is CN(C)Cc1cnc(C2(CCN)CCC2)s1. The zero-order chi connectivity index (χ0) is 11.6. The highest BCUT2D eigenvalue weighted by Gasteiger charge is 2.40. The van der Waals surface area contributed by atoms with Crippen molar-refractivity contribution in [2.24, 2.45) is 5.73 Å². The lowest BCUT2D eigenvalue weighted by atomic mass is 9.67. The average Bonchev–Trinajstić information content (AvgIpc) is 2.59. The summed E-state index contributed by atoms with van der Waals surface area (Å²) in [7, 11) is 4.19. The Balaban J connectivity index is 2.10. The van der Waals surface area contributed by atoms with E-state index >= 15 is 0 Å². The predicted molar refractivity (Wildman–Crippen MR) is 68.7 cm³/mol. The van der Waals surface area contributed by atoms with Crippen LogP contribution in [-0.4, -0.2) is 30.5 Å². The molecule has 3 nitrogen and oxygen atoms in total. The van der Waals surface area contributed by atoms with E-state index in [1.807, 2.05) is 17.5 Å². The van der Waals surface area contributed by atoms with Gasteiger partial charge >= 0.3 is 0 Å². The second-order valence-corrected chi connectivity index (χ2v) is 6.16. The molecular weight excluding hydrogens is 218 g/mol. The maximum absolute atomic E-state index is 5.72. The zero-order valence-electron chi connectivity index (χ0n) is 10.2. The van der Waals surface area contributed by atoms with Crippen molar-refractivity contribution in [3.8, 4) is 0 Å². The molecule has 1 saturated carbocycles. The molecule has 4 heteroatoms. The molecule has 0 radical (unpaired) electrons. The molecule has 2 rings (SSSR count). The number of thiazole rings is 1. The van der Waals surface area contributed by atoms with Crippen LogP contribution in [0.25, 0.3) is 0 Å². The van der Waals surface area contributed by atoms with Crippen molar-refractivity contribution in [3.63, 3.8) is 0 Å². The van der Waals surface area contributed by atoms with E-state index in [1.165, 1.54) is 29.1 Å². The molecule has 1 aliphatic rings. The average molecular weight is 239 g/mol. The molecule has 0 bridgehead atoms. The standard InChI is InChI=1S/C12H21N3S/c1-15(2)9-10-8-14-11(16-10)12(6-7-13)4-3-5-12/h8H,3-7,9,13H2,1-2H3. The summed E-state index contributed by atoms with van der Waals surface area (Å²) >= 11 is 1.88. The first-order valence-electron chi connectivity index (χ1n) is 5.96. The summed E-state index contributed by atoms with van der Waals surface area (Å²) in [4.78, 5) is 8.17. The Labute approximate surface area is 102 Å². The highest BCUT2D eigenvalue weighted by atomic mass is 32.1. The minimum atomic E-state index is 0.337. The van der Waals surface area contributed by atoms with E-state index in [9.17, 15) is 0 Å². The number of rotatable bonds is 5. The summed E-state index contributed by atoms with van der Waals surface area (Å²) in [5.74, 6) is 0. The molecule has 2 N–H and O–H groups in total. The van der Waals surface area contributed by atoms with Crippen molar-refractivity contribution < 1.29 is 0 Å². The maximum Gasteiger partial charge on any atom is 0.0990 e. The third-order valence-electron chi connectivity index (χ3n) is 3.41. The van der Waals surface area contributed by atoms with Crippen LogP contribution in [-0.2, 0) is 12.0 Å². The molecule has 1 aromatic rings. The van der Waals surface area contributed by atoms with Gasteiger partial charge in [0.2, 0.25) is 0 Å². The van der Waals surface area contributed by atoms with E-state index in [0.29, 0.717) is 5.41 Å². The van der Waals surface area contributed by atoms with Crippen LogP contribution in [0.5, 0.6) is 0 Å². The summed E-state index contributed by atoms with van der Waals surface area (Å²) < 4.78 is 0. The predicted octanol–water partition coefficient (Wildman–Crippen LogP) is 1.98. The molecule has 0 spiro atoms. The molecule has 0 aromatic carbocycles. The summed E-state index contributed by atoms with van der Waals surface area (Å²) in [5.41, 5.74) is 6.05. The monoisotopic (exact) mass is 239 g/mol. The van der Waals surface area contributed by atoms with Gasteiger partial charge in [-0.15, -0.1) is 11.3 Å². The Morgan fingerprint density at radius 2 is 2.25 bits per heavy atom. The van der Waals surface area contributed by atoms with Gasteiger partial charge in [0.15, 0.2) is 0 Å². The maximum atomic E-state index is 5.72. The van der Waals surface area contributed by atoms with Crippen molar-refractivity contribution >= 4 is 11.3 Å². The van der Waals surface area contributed by atoms with Crippen molar-refractivity contribution in [1.29, 1.82) is 0 Å². The van der Waals surface area contributed by atoms with Gasteiger partial charge in [0.05, 0.1) is 5.01 Å². The van der Waals surface area contributed by atoms with Crippen molar-refractivity contribution in [2.45, 2.75) is 37.6 Å². The Morgan fingerprint density at radius 1 is 1.50 bits per heavy atom. The fourth-order valence-corrected chi connectivity index (χ4v) is 3.69. The Morgan fingerprint density at radius 3 is 2.75 bits per heavy atom. The Bertz CT molecular complexity index is 342. The molecule has 0 aliphatic heterocycles. The van der Waals surface area contributed by atoms with Crippen molar-refractivity contribution in [3.05, 3.63) is 16.1 Å². The number of nitrogens with zero attached hydrogens (tertiary/aromatic N) is 2. The van der Waals surface area contributed by atoms with Gasteiger partial charge in [-0.2, -0.15) is 0 Å². The number of hydrogen-bond acceptors (Lipinski definition) is 4. The second-order valence-electron chi connectivity index (χ2n) is 5.04. The Kier molecular flexibility index (Phi) is 3.62. The smallest absolute Gasteiger partial charge is 0.0990 e. The summed E-state index contributed by atoms with van der Waals surface area (Å²) in [6.07, 6.45) is 7.03. The normalized spacial score (nSPS) is 18.8. The largest absolute Gasteiger partial charge is 0.330 e. The number of nitrogens with two attached hydrogens (primary N) is 1. The van der Waals surface area contributed by atoms with Crippen LogP contribution in [0.1, 0.15) is 35.6 Å². The van der Waals surface area contributed by atoms with Crippen molar-refractivity contribution in [1.82, 2.24) is 9.88 Å². The van der Waals surface area contributed by atoms with Gasteiger partial charge in [0.25, 0.3) is 0 Å².